The summed E-state index contributed by atoms with van der Waals surface area (Å²) in [4.78, 5) is 0. The molecule has 4 nitrogen and oxygen atoms in total. The van der Waals surface area contributed by atoms with Crippen molar-refractivity contribution in [3.63, 3.8) is 0 Å². The third-order valence-electron chi connectivity index (χ3n) is 2.23. The fraction of sp³-hybridized carbons (Fsp3) is 1.00. The molecule has 0 amide bonds. The minimum atomic E-state index is -3.08. The van der Waals surface area contributed by atoms with Crippen molar-refractivity contribution < 1.29 is 13.2 Å². The summed E-state index contributed by atoms with van der Waals surface area (Å²) < 4.78 is 29.8. The largest absolute Gasteiger partial charge is 0.379 e. The Bertz CT molecular complexity index is 273. The highest BCUT2D eigenvalue weighted by molar-refractivity contribution is 7.88. The maximum absolute atomic E-state index is 11.4. The first-order valence-corrected chi connectivity index (χ1v) is 7.68. The summed E-state index contributed by atoms with van der Waals surface area (Å²) in [6.45, 7) is 9.07. The molecule has 0 N–H and O–H groups in total. The zero-order chi connectivity index (χ0) is 12.8. The van der Waals surface area contributed by atoms with Crippen LogP contribution >= 0.6 is 0 Å². The number of hydrogen-bond acceptors (Lipinski definition) is 3. The molecular formula is C11H25NO3S. The molecule has 0 saturated carbocycles. The van der Waals surface area contributed by atoms with Crippen LogP contribution in [0.3, 0.4) is 0 Å². The third-order valence-corrected chi connectivity index (χ3v) is 3.68. The van der Waals surface area contributed by atoms with E-state index in [9.17, 15) is 8.42 Å². The van der Waals surface area contributed by atoms with Gasteiger partial charge in [0.15, 0.2) is 0 Å². The van der Waals surface area contributed by atoms with Gasteiger partial charge in [0, 0.05) is 19.2 Å². The Hall–Kier alpha value is -0.130. The van der Waals surface area contributed by atoms with E-state index < -0.39 is 10.0 Å². The molecule has 0 aliphatic rings. The van der Waals surface area contributed by atoms with E-state index in [4.69, 9.17) is 4.74 Å². The van der Waals surface area contributed by atoms with Crippen LogP contribution in [0.1, 0.15) is 40.5 Å². The van der Waals surface area contributed by atoms with Crippen molar-refractivity contribution >= 4 is 10.0 Å². The molecule has 0 aromatic rings. The highest BCUT2D eigenvalue weighted by Gasteiger charge is 2.18. The van der Waals surface area contributed by atoms with E-state index in [0.717, 1.165) is 12.8 Å². The first-order chi connectivity index (χ1) is 7.25. The van der Waals surface area contributed by atoms with Gasteiger partial charge in [0.1, 0.15) is 0 Å². The molecule has 0 atom stereocenters. The highest BCUT2D eigenvalue weighted by atomic mass is 32.2. The second-order valence-electron chi connectivity index (χ2n) is 4.59. The summed E-state index contributed by atoms with van der Waals surface area (Å²) in [6, 6.07) is 0.0287. The predicted octanol–water partition coefficient (Wildman–Crippen LogP) is 1.86. The number of rotatable bonds is 8. The fourth-order valence-corrected chi connectivity index (χ4v) is 2.72. The van der Waals surface area contributed by atoms with Crippen LogP contribution in [0.25, 0.3) is 0 Å². The van der Waals surface area contributed by atoms with E-state index in [1.54, 1.807) is 0 Å². The van der Waals surface area contributed by atoms with E-state index in [2.05, 4.69) is 0 Å². The Labute approximate surface area is 100 Å². The Morgan fingerprint density at radius 2 is 1.69 bits per heavy atom. The summed E-state index contributed by atoms with van der Waals surface area (Å²) in [5, 5.41) is 0. The van der Waals surface area contributed by atoms with E-state index in [1.165, 1.54) is 10.6 Å². The lowest BCUT2D eigenvalue weighted by Gasteiger charge is -2.23. The lowest BCUT2D eigenvalue weighted by molar-refractivity contribution is 0.0750. The summed E-state index contributed by atoms with van der Waals surface area (Å²) in [5.41, 5.74) is 0. The van der Waals surface area contributed by atoms with E-state index in [-0.39, 0.29) is 12.1 Å². The summed E-state index contributed by atoms with van der Waals surface area (Å²) in [6.07, 6.45) is 3.25. The zero-order valence-electron chi connectivity index (χ0n) is 11.1. The van der Waals surface area contributed by atoms with Crippen molar-refractivity contribution in [2.75, 3.05) is 19.4 Å². The highest BCUT2D eigenvalue weighted by Crippen LogP contribution is 2.07. The summed E-state index contributed by atoms with van der Waals surface area (Å²) >= 11 is 0. The Morgan fingerprint density at radius 1 is 1.12 bits per heavy atom. The number of unbranched alkanes of at least 4 members (excludes halogenated alkanes) is 1. The molecule has 16 heavy (non-hydrogen) atoms. The quantitative estimate of drug-likeness (QED) is 0.619. The second-order valence-corrected chi connectivity index (χ2v) is 6.53. The minimum absolute atomic E-state index is 0.0287. The molecule has 0 fully saturated rings. The van der Waals surface area contributed by atoms with Crippen molar-refractivity contribution in [3.8, 4) is 0 Å². The van der Waals surface area contributed by atoms with Gasteiger partial charge in [-0.15, -0.1) is 0 Å². The Morgan fingerprint density at radius 3 is 2.06 bits per heavy atom. The van der Waals surface area contributed by atoms with Crippen LogP contribution in [0.4, 0.5) is 0 Å². The molecule has 0 radical (unpaired) electrons. The lowest BCUT2D eigenvalue weighted by atomic mass is 10.3. The van der Waals surface area contributed by atoms with Gasteiger partial charge in [-0.2, -0.15) is 4.31 Å². The predicted molar refractivity (Wildman–Crippen MR) is 67.0 cm³/mol. The SMILES string of the molecule is CC(C)OCCCCN(C(C)C)S(C)(=O)=O. The second kappa shape index (κ2) is 7.25. The zero-order valence-corrected chi connectivity index (χ0v) is 11.9. The normalized spacial score (nSPS) is 13.0. The molecule has 0 saturated heterocycles. The van der Waals surface area contributed by atoms with Crippen LogP contribution in [-0.2, 0) is 14.8 Å². The third kappa shape index (κ3) is 7.19. The first-order valence-electron chi connectivity index (χ1n) is 5.83. The van der Waals surface area contributed by atoms with Gasteiger partial charge in [-0.1, -0.05) is 0 Å². The molecule has 0 aliphatic heterocycles. The molecule has 0 heterocycles. The maximum Gasteiger partial charge on any atom is 0.211 e. The molecule has 0 rings (SSSR count). The van der Waals surface area contributed by atoms with E-state index in [0.29, 0.717) is 13.2 Å². The van der Waals surface area contributed by atoms with Crippen LogP contribution in [-0.4, -0.2) is 44.3 Å². The van der Waals surface area contributed by atoms with Crippen LogP contribution in [0.2, 0.25) is 0 Å². The fourth-order valence-electron chi connectivity index (χ4n) is 1.50. The van der Waals surface area contributed by atoms with Crippen LogP contribution in [0, 0.1) is 0 Å². The molecule has 0 unspecified atom stereocenters. The summed E-state index contributed by atoms with van der Waals surface area (Å²) in [7, 11) is -3.08. The number of sulfonamides is 1. The van der Waals surface area contributed by atoms with Gasteiger partial charge in [0.2, 0.25) is 10.0 Å². The minimum Gasteiger partial charge on any atom is -0.379 e. The molecule has 0 aromatic heterocycles. The van der Waals surface area contributed by atoms with E-state index in [1.807, 2.05) is 27.7 Å². The Balaban J connectivity index is 3.88. The monoisotopic (exact) mass is 251 g/mol. The standard InChI is InChI=1S/C11H25NO3S/c1-10(2)12(16(5,13)14)8-6-7-9-15-11(3)4/h10-11H,6-9H2,1-5H3. The van der Waals surface area contributed by atoms with Gasteiger partial charge < -0.3 is 4.74 Å². The first kappa shape index (κ1) is 15.9. The van der Waals surface area contributed by atoms with Crippen molar-refractivity contribution in [1.29, 1.82) is 0 Å². The van der Waals surface area contributed by atoms with Crippen molar-refractivity contribution in [2.45, 2.75) is 52.7 Å². The molecule has 0 aromatic carbocycles. The molecule has 5 heteroatoms. The van der Waals surface area contributed by atoms with Crippen molar-refractivity contribution in [2.24, 2.45) is 0 Å². The van der Waals surface area contributed by atoms with E-state index >= 15 is 0 Å². The smallest absolute Gasteiger partial charge is 0.211 e. The van der Waals surface area contributed by atoms with Gasteiger partial charge in [-0.25, -0.2) is 8.42 Å². The van der Waals surface area contributed by atoms with Crippen LogP contribution in [0.15, 0.2) is 0 Å². The number of ether oxygens (including phenoxy) is 1. The lowest BCUT2D eigenvalue weighted by Crippen LogP contribution is -2.36. The molecule has 98 valence electrons. The average Bonchev–Trinajstić information content (AvgIpc) is 2.07. The van der Waals surface area contributed by atoms with Crippen molar-refractivity contribution in [1.82, 2.24) is 4.31 Å². The molecule has 0 aliphatic carbocycles. The molecular weight excluding hydrogens is 226 g/mol. The van der Waals surface area contributed by atoms with Gasteiger partial charge in [-0.05, 0) is 40.5 Å². The van der Waals surface area contributed by atoms with Gasteiger partial charge in [-0.3, -0.25) is 0 Å². The van der Waals surface area contributed by atoms with Crippen LogP contribution < -0.4 is 0 Å². The number of nitrogens with zero attached hydrogens (tertiary/aromatic N) is 1. The van der Waals surface area contributed by atoms with Gasteiger partial charge in [0.05, 0.1) is 12.4 Å². The molecule has 0 bridgehead atoms. The van der Waals surface area contributed by atoms with Gasteiger partial charge in [0.25, 0.3) is 0 Å². The summed E-state index contributed by atoms with van der Waals surface area (Å²) in [5.74, 6) is 0. The average molecular weight is 251 g/mol. The topological polar surface area (TPSA) is 46.6 Å². The maximum atomic E-state index is 11.4. The Kier molecular flexibility index (Phi) is 7.19. The molecule has 0 spiro atoms. The van der Waals surface area contributed by atoms with Crippen molar-refractivity contribution in [3.05, 3.63) is 0 Å². The van der Waals surface area contributed by atoms with Gasteiger partial charge >= 0.3 is 0 Å². The number of hydrogen-bond donors (Lipinski definition) is 0. The van der Waals surface area contributed by atoms with Crippen LogP contribution in [0.5, 0.6) is 0 Å².